The summed E-state index contributed by atoms with van der Waals surface area (Å²) in [6.07, 6.45) is 0.929. The lowest BCUT2D eigenvalue weighted by atomic mass is 10.2. The summed E-state index contributed by atoms with van der Waals surface area (Å²) in [5.74, 6) is -0.416. The number of amides is 1. The van der Waals surface area contributed by atoms with E-state index < -0.39 is 17.2 Å². The van der Waals surface area contributed by atoms with E-state index in [-0.39, 0.29) is 29.4 Å². The Morgan fingerprint density at radius 1 is 1.32 bits per heavy atom. The summed E-state index contributed by atoms with van der Waals surface area (Å²) < 4.78 is 10.0. The fraction of sp³-hybridized carbons (Fsp3) is 0.214. The van der Waals surface area contributed by atoms with Crippen molar-refractivity contribution in [3.8, 4) is 17.2 Å². The largest absolute Gasteiger partial charge is 0.502 e. The Morgan fingerprint density at radius 2 is 1.96 bits per heavy atom. The predicted octanol–water partition coefficient (Wildman–Crippen LogP) is -1.13. The highest BCUT2D eigenvalue weighted by atomic mass is 16.5. The summed E-state index contributed by atoms with van der Waals surface area (Å²) in [6, 6.07) is 2.98. The van der Waals surface area contributed by atoms with Gasteiger partial charge >= 0.3 is 5.69 Å². The molecule has 0 aliphatic rings. The van der Waals surface area contributed by atoms with Crippen LogP contribution in [-0.2, 0) is 11.2 Å². The van der Waals surface area contributed by atoms with E-state index in [1.807, 2.05) is 10.1 Å². The molecule has 0 aliphatic heterocycles. The smallest absolute Gasteiger partial charge is 0.342 e. The third-order valence-corrected chi connectivity index (χ3v) is 3.01. The maximum atomic E-state index is 11.7. The van der Waals surface area contributed by atoms with E-state index in [0.29, 0.717) is 5.56 Å². The van der Waals surface area contributed by atoms with Gasteiger partial charge in [-0.3, -0.25) is 14.6 Å². The molecule has 4 N–H and O–H groups in total. The van der Waals surface area contributed by atoms with Crippen molar-refractivity contribution in [2.45, 2.75) is 6.42 Å². The van der Waals surface area contributed by atoms with Crippen molar-refractivity contribution in [1.29, 1.82) is 0 Å². The minimum Gasteiger partial charge on any atom is -0.502 e. The summed E-state index contributed by atoms with van der Waals surface area (Å²) in [6.45, 7) is 0. The van der Waals surface area contributed by atoms with Crippen LogP contribution in [0, 0.1) is 0 Å². The number of carbonyl (C=O) groups excluding carboxylic acids is 1. The van der Waals surface area contributed by atoms with Gasteiger partial charge in [-0.2, -0.15) is 10.2 Å². The van der Waals surface area contributed by atoms with Gasteiger partial charge in [0, 0.05) is 5.56 Å². The van der Waals surface area contributed by atoms with Gasteiger partial charge in [0.15, 0.2) is 11.5 Å². The highest BCUT2D eigenvalue weighted by molar-refractivity contribution is 5.84. The van der Waals surface area contributed by atoms with E-state index in [1.165, 1.54) is 32.6 Å². The molecule has 1 heterocycles. The summed E-state index contributed by atoms with van der Waals surface area (Å²) in [7, 11) is 2.76. The number of aromatic nitrogens is 3. The number of benzene rings is 1. The Hall–Kier alpha value is -3.63. The Bertz CT molecular complexity index is 891. The van der Waals surface area contributed by atoms with E-state index in [4.69, 9.17) is 9.47 Å². The number of carbonyl (C=O) groups is 1. The third kappa shape index (κ3) is 4.43. The molecule has 1 aromatic carbocycles. The first-order chi connectivity index (χ1) is 11.9. The molecule has 0 saturated carbocycles. The van der Waals surface area contributed by atoms with E-state index >= 15 is 0 Å². The molecule has 132 valence electrons. The van der Waals surface area contributed by atoms with Crippen molar-refractivity contribution in [2.75, 3.05) is 14.2 Å². The topological polar surface area (TPSA) is 159 Å². The standard InChI is InChI=1S/C14H15N5O6/c1-24-9-3-7(4-10(25-2)12(9)21)6-15-18-11(20)5-8-13(22)16-14(23)19-17-8/h3-4,6,21H,5H2,1-2H3,(H,18,20)(H2,16,19,22,23)/b15-6-. The Balaban J connectivity index is 2.06. The van der Waals surface area contributed by atoms with E-state index in [1.54, 1.807) is 0 Å². The van der Waals surface area contributed by atoms with Crippen LogP contribution in [0.1, 0.15) is 11.3 Å². The number of methoxy groups -OCH3 is 2. The van der Waals surface area contributed by atoms with E-state index in [9.17, 15) is 19.5 Å². The summed E-state index contributed by atoms with van der Waals surface area (Å²) in [4.78, 5) is 36.0. The number of rotatable bonds is 6. The first-order valence-corrected chi connectivity index (χ1v) is 6.89. The van der Waals surface area contributed by atoms with Crippen LogP contribution >= 0.6 is 0 Å². The SMILES string of the molecule is COc1cc(/C=N\NC(=O)Cc2n[nH]c(=O)[nH]c2=O)cc(OC)c1O. The van der Waals surface area contributed by atoms with Crippen molar-refractivity contribution in [3.05, 3.63) is 44.2 Å². The Kier molecular flexibility index (Phi) is 5.50. The molecule has 2 aromatic rings. The number of hydrogen-bond acceptors (Lipinski definition) is 8. The Morgan fingerprint density at radius 3 is 2.52 bits per heavy atom. The lowest BCUT2D eigenvalue weighted by molar-refractivity contribution is -0.120. The normalized spacial score (nSPS) is 10.6. The van der Waals surface area contributed by atoms with Crippen LogP contribution < -0.4 is 26.1 Å². The summed E-state index contributed by atoms with van der Waals surface area (Å²) >= 11 is 0. The van der Waals surface area contributed by atoms with Gasteiger partial charge in [-0.25, -0.2) is 15.3 Å². The fourth-order valence-corrected chi connectivity index (χ4v) is 1.85. The second-order valence-electron chi connectivity index (χ2n) is 4.70. The molecule has 0 aliphatic carbocycles. The molecule has 25 heavy (non-hydrogen) atoms. The first kappa shape index (κ1) is 17.7. The van der Waals surface area contributed by atoms with Gasteiger partial charge in [0.25, 0.3) is 5.56 Å². The van der Waals surface area contributed by atoms with Gasteiger partial charge in [0.1, 0.15) is 5.69 Å². The number of aromatic hydroxyl groups is 1. The number of phenolic OH excluding ortho intramolecular Hbond substituents is 1. The van der Waals surface area contributed by atoms with Crippen LogP contribution in [0.2, 0.25) is 0 Å². The van der Waals surface area contributed by atoms with Gasteiger partial charge < -0.3 is 14.6 Å². The molecule has 1 amide bonds. The van der Waals surface area contributed by atoms with Gasteiger partial charge in [-0.1, -0.05) is 0 Å². The molecular formula is C14H15N5O6. The van der Waals surface area contributed by atoms with Gasteiger partial charge in [0.2, 0.25) is 11.7 Å². The Labute approximate surface area is 140 Å². The first-order valence-electron chi connectivity index (χ1n) is 6.89. The number of hydrazone groups is 1. The maximum Gasteiger partial charge on any atom is 0.342 e. The number of ether oxygens (including phenoxy) is 2. The molecule has 11 heteroatoms. The van der Waals surface area contributed by atoms with Crippen molar-refractivity contribution in [3.63, 3.8) is 0 Å². The van der Waals surface area contributed by atoms with E-state index in [2.05, 4.69) is 15.6 Å². The maximum absolute atomic E-state index is 11.7. The molecule has 0 unspecified atom stereocenters. The van der Waals surface area contributed by atoms with Crippen LogP contribution in [0.5, 0.6) is 17.2 Å². The van der Waals surface area contributed by atoms with Crippen LogP contribution in [0.4, 0.5) is 0 Å². The molecular weight excluding hydrogens is 334 g/mol. The molecule has 0 radical (unpaired) electrons. The van der Waals surface area contributed by atoms with Crippen LogP contribution in [0.25, 0.3) is 0 Å². The van der Waals surface area contributed by atoms with Crippen molar-refractivity contribution >= 4 is 12.1 Å². The lowest BCUT2D eigenvalue weighted by Gasteiger charge is -2.09. The second kappa shape index (κ2) is 7.77. The number of hydrogen-bond donors (Lipinski definition) is 4. The van der Waals surface area contributed by atoms with Gasteiger partial charge in [-0.05, 0) is 12.1 Å². The molecule has 0 fully saturated rings. The van der Waals surface area contributed by atoms with E-state index in [0.717, 1.165) is 0 Å². The molecule has 2 rings (SSSR count). The number of phenols is 1. The number of aromatic amines is 2. The molecule has 0 saturated heterocycles. The lowest BCUT2D eigenvalue weighted by Crippen LogP contribution is -2.31. The highest BCUT2D eigenvalue weighted by Crippen LogP contribution is 2.36. The quantitative estimate of drug-likeness (QED) is 0.379. The molecule has 0 spiro atoms. The fourth-order valence-electron chi connectivity index (χ4n) is 1.85. The number of H-pyrrole nitrogens is 2. The van der Waals surface area contributed by atoms with Crippen LogP contribution in [-0.4, -0.2) is 46.6 Å². The minimum atomic E-state index is -0.762. The minimum absolute atomic E-state index is 0.153. The monoisotopic (exact) mass is 349 g/mol. The number of nitrogens with one attached hydrogen (secondary N) is 3. The van der Waals surface area contributed by atoms with Gasteiger partial charge in [-0.15, -0.1) is 0 Å². The van der Waals surface area contributed by atoms with Crippen LogP contribution in [0.3, 0.4) is 0 Å². The number of nitrogens with zero attached hydrogens (tertiary/aromatic N) is 2. The van der Waals surface area contributed by atoms with Crippen molar-refractivity contribution in [1.82, 2.24) is 20.6 Å². The average Bonchev–Trinajstić information content (AvgIpc) is 2.58. The zero-order valence-corrected chi connectivity index (χ0v) is 13.3. The van der Waals surface area contributed by atoms with Crippen molar-refractivity contribution in [2.24, 2.45) is 5.10 Å². The zero-order valence-electron chi connectivity index (χ0n) is 13.3. The molecule has 1 aromatic heterocycles. The van der Waals surface area contributed by atoms with Crippen LogP contribution in [0.15, 0.2) is 26.8 Å². The molecule has 11 nitrogen and oxygen atoms in total. The zero-order chi connectivity index (χ0) is 18.4. The van der Waals surface area contributed by atoms with Gasteiger partial charge in [0.05, 0.1) is 26.9 Å². The molecule has 0 bridgehead atoms. The summed E-state index contributed by atoms with van der Waals surface area (Å²) in [5.41, 5.74) is 1.04. The third-order valence-electron chi connectivity index (χ3n) is 3.01. The summed E-state index contributed by atoms with van der Waals surface area (Å²) in [5, 5.41) is 19.1. The second-order valence-corrected chi connectivity index (χ2v) is 4.70. The van der Waals surface area contributed by atoms with Crippen molar-refractivity contribution < 1.29 is 19.4 Å². The highest BCUT2D eigenvalue weighted by Gasteiger charge is 2.11. The predicted molar refractivity (Wildman–Crippen MR) is 86.1 cm³/mol. The molecule has 0 atom stereocenters. The average molecular weight is 349 g/mol.